The molecule has 2 atom stereocenters. The summed E-state index contributed by atoms with van der Waals surface area (Å²) in [5.41, 5.74) is -2.47. The maximum absolute atomic E-state index is 12.8. The Kier molecular flexibility index (Phi) is 4.69. The van der Waals surface area contributed by atoms with E-state index in [0.717, 1.165) is 0 Å². The minimum absolute atomic E-state index is 0.0177. The van der Waals surface area contributed by atoms with Gasteiger partial charge in [-0.15, -0.1) is 0 Å². The molecule has 3 rings (SSSR count). The standard InChI is InChI=1S/C19H25ClN2O5/c1-17(2,3)27-16(24)22-12(10-26-18(22,4)5)9-19(25)13-7-6-11(20)8-14(13)21-15(19)23/h6-8,12,25H,9-10H2,1-5H3,(H,21,23)/t12-,19?/m1/s1. The Hall–Kier alpha value is -1.83. The summed E-state index contributed by atoms with van der Waals surface area (Å²) in [5, 5.41) is 14.3. The van der Waals surface area contributed by atoms with Gasteiger partial charge in [0.25, 0.3) is 5.91 Å². The van der Waals surface area contributed by atoms with Crippen LogP contribution in [0.4, 0.5) is 10.5 Å². The molecule has 0 aliphatic carbocycles. The first kappa shape index (κ1) is 19.9. The predicted molar refractivity (Wildman–Crippen MR) is 100 cm³/mol. The summed E-state index contributed by atoms with van der Waals surface area (Å²) in [6, 6.07) is 4.29. The van der Waals surface area contributed by atoms with Crippen molar-refractivity contribution in [2.24, 2.45) is 0 Å². The smallest absolute Gasteiger partial charge is 0.412 e. The fourth-order valence-electron chi connectivity index (χ4n) is 3.59. The zero-order chi connectivity index (χ0) is 20.2. The fraction of sp³-hybridized carbons (Fsp3) is 0.579. The molecule has 2 heterocycles. The third-order valence-electron chi connectivity index (χ3n) is 4.75. The Morgan fingerprint density at radius 1 is 1.44 bits per heavy atom. The van der Waals surface area contributed by atoms with Gasteiger partial charge in [-0.05, 0) is 46.8 Å². The van der Waals surface area contributed by atoms with Crippen LogP contribution in [0, 0.1) is 0 Å². The first-order valence-corrected chi connectivity index (χ1v) is 9.21. The number of benzene rings is 1. The molecule has 0 spiro atoms. The monoisotopic (exact) mass is 396 g/mol. The molecule has 148 valence electrons. The molecule has 2 N–H and O–H groups in total. The van der Waals surface area contributed by atoms with Crippen molar-refractivity contribution < 1.29 is 24.2 Å². The molecule has 1 fully saturated rings. The highest BCUT2D eigenvalue weighted by Gasteiger charge is 2.53. The number of nitrogens with zero attached hydrogens (tertiary/aromatic N) is 1. The van der Waals surface area contributed by atoms with Crippen LogP contribution in [0.3, 0.4) is 0 Å². The van der Waals surface area contributed by atoms with Crippen molar-refractivity contribution in [2.45, 2.75) is 64.0 Å². The number of hydrogen-bond acceptors (Lipinski definition) is 5. The Morgan fingerprint density at radius 2 is 2.11 bits per heavy atom. The maximum atomic E-state index is 12.8. The van der Waals surface area contributed by atoms with Crippen LogP contribution >= 0.6 is 11.6 Å². The van der Waals surface area contributed by atoms with Crippen LogP contribution in [0.15, 0.2) is 18.2 Å². The number of rotatable bonds is 2. The van der Waals surface area contributed by atoms with Gasteiger partial charge in [-0.25, -0.2) is 4.79 Å². The van der Waals surface area contributed by atoms with Crippen LogP contribution in [0.1, 0.15) is 46.6 Å². The van der Waals surface area contributed by atoms with E-state index in [0.29, 0.717) is 16.3 Å². The Bertz CT molecular complexity index is 789. The Labute approximate surface area is 163 Å². The molecule has 0 saturated carbocycles. The summed E-state index contributed by atoms with van der Waals surface area (Å²) in [4.78, 5) is 26.8. The van der Waals surface area contributed by atoms with Gasteiger partial charge in [0.1, 0.15) is 11.3 Å². The first-order chi connectivity index (χ1) is 12.3. The third-order valence-corrected chi connectivity index (χ3v) is 4.98. The van der Waals surface area contributed by atoms with E-state index in [2.05, 4.69) is 5.32 Å². The van der Waals surface area contributed by atoms with Crippen molar-refractivity contribution >= 4 is 29.3 Å². The quantitative estimate of drug-likeness (QED) is 0.801. The minimum Gasteiger partial charge on any atom is -0.444 e. The van der Waals surface area contributed by atoms with Gasteiger partial charge in [0.15, 0.2) is 5.60 Å². The van der Waals surface area contributed by atoms with E-state index in [4.69, 9.17) is 21.1 Å². The van der Waals surface area contributed by atoms with Gasteiger partial charge in [0, 0.05) is 22.7 Å². The number of halogens is 1. The highest BCUT2D eigenvalue weighted by molar-refractivity contribution is 6.31. The van der Waals surface area contributed by atoms with Gasteiger partial charge in [-0.1, -0.05) is 17.7 Å². The SMILES string of the molecule is CC(C)(C)OC(=O)N1[C@H](CC2(O)C(=O)Nc3cc(Cl)ccc32)COC1(C)C. The lowest BCUT2D eigenvalue weighted by atomic mass is 9.88. The molecule has 0 radical (unpaired) electrons. The van der Waals surface area contributed by atoms with Crippen LogP contribution in [0.5, 0.6) is 0 Å². The molecule has 1 aromatic rings. The third kappa shape index (κ3) is 3.63. The number of hydrogen-bond donors (Lipinski definition) is 2. The van der Waals surface area contributed by atoms with Gasteiger partial charge in [0.05, 0.1) is 12.6 Å². The lowest BCUT2D eigenvalue weighted by Crippen LogP contribution is -2.52. The van der Waals surface area contributed by atoms with E-state index >= 15 is 0 Å². The Morgan fingerprint density at radius 3 is 2.74 bits per heavy atom. The highest BCUT2D eigenvalue weighted by Crippen LogP contribution is 2.43. The first-order valence-electron chi connectivity index (χ1n) is 8.84. The van der Waals surface area contributed by atoms with Gasteiger partial charge >= 0.3 is 6.09 Å². The summed E-state index contributed by atoms with van der Waals surface area (Å²) in [6.07, 6.45) is -0.566. The molecule has 0 aromatic heterocycles. The molecule has 27 heavy (non-hydrogen) atoms. The fourth-order valence-corrected chi connectivity index (χ4v) is 3.76. The molecule has 8 heteroatoms. The lowest BCUT2D eigenvalue weighted by molar-refractivity contribution is -0.136. The summed E-state index contributed by atoms with van der Waals surface area (Å²) in [6.45, 7) is 9.03. The van der Waals surface area contributed by atoms with E-state index < -0.39 is 35.0 Å². The number of carbonyl (C=O) groups excluding carboxylic acids is 2. The molecule has 2 amide bonds. The second-order valence-electron chi connectivity index (χ2n) is 8.47. The van der Waals surface area contributed by atoms with Crippen molar-refractivity contribution in [3.05, 3.63) is 28.8 Å². The largest absolute Gasteiger partial charge is 0.444 e. The van der Waals surface area contributed by atoms with Crippen LogP contribution in [0.2, 0.25) is 5.02 Å². The van der Waals surface area contributed by atoms with Crippen molar-refractivity contribution in [1.82, 2.24) is 4.90 Å². The summed E-state index contributed by atoms with van der Waals surface area (Å²) < 4.78 is 11.3. The van der Waals surface area contributed by atoms with Crippen molar-refractivity contribution in [1.29, 1.82) is 0 Å². The number of fused-ring (bicyclic) bond motifs is 1. The van der Waals surface area contributed by atoms with E-state index in [1.807, 2.05) is 0 Å². The minimum atomic E-state index is -1.78. The van der Waals surface area contributed by atoms with Crippen molar-refractivity contribution in [2.75, 3.05) is 11.9 Å². The average molecular weight is 397 g/mol. The van der Waals surface area contributed by atoms with E-state index in [1.54, 1.807) is 52.8 Å². The van der Waals surface area contributed by atoms with Crippen LogP contribution in [0.25, 0.3) is 0 Å². The number of ether oxygens (including phenoxy) is 2. The molecule has 2 aliphatic rings. The summed E-state index contributed by atoms with van der Waals surface area (Å²) in [5.74, 6) is -0.548. The molecule has 0 bridgehead atoms. The van der Waals surface area contributed by atoms with Crippen molar-refractivity contribution in [3.63, 3.8) is 0 Å². The van der Waals surface area contributed by atoms with Crippen molar-refractivity contribution in [3.8, 4) is 0 Å². The van der Waals surface area contributed by atoms with E-state index in [9.17, 15) is 14.7 Å². The zero-order valence-corrected chi connectivity index (χ0v) is 16.9. The second-order valence-corrected chi connectivity index (χ2v) is 8.91. The number of amides is 2. The van der Waals surface area contributed by atoms with Crippen LogP contribution in [-0.4, -0.2) is 46.0 Å². The number of anilines is 1. The molecule has 1 aromatic carbocycles. The summed E-state index contributed by atoms with van der Waals surface area (Å²) in [7, 11) is 0. The highest BCUT2D eigenvalue weighted by atomic mass is 35.5. The number of aliphatic hydroxyl groups is 1. The Balaban J connectivity index is 1.90. The molecule has 1 saturated heterocycles. The topological polar surface area (TPSA) is 88.1 Å². The van der Waals surface area contributed by atoms with E-state index in [1.165, 1.54) is 4.90 Å². The van der Waals surface area contributed by atoms with Gasteiger partial charge in [-0.3, -0.25) is 9.69 Å². The predicted octanol–water partition coefficient (Wildman–Crippen LogP) is 3.24. The van der Waals surface area contributed by atoms with E-state index in [-0.39, 0.29) is 13.0 Å². The average Bonchev–Trinajstić information content (AvgIpc) is 2.91. The lowest BCUT2D eigenvalue weighted by Gasteiger charge is -2.36. The van der Waals surface area contributed by atoms with Gasteiger partial charge < -0.3 is 19.9 Å². The number of carbonyl (C=O) groups is 2. The molecular weight excluding hydrogens is 372 g/mol. The maximum Gasteiger partial charge on any atom is 0.412 e. The van der Waals surface area contributed by atoms with Gasteiger partial charge in [0.2, 0.25) is 0 Å². The molecule has 1 unspecified atom stereocenters. The summed E-state index contributed by atoms with van der Waals surface area (Å²) >= 11 is 5.98. The van der Waals surface area contributed by atoms with Crippen LogP contribution < -0.4 is 5.32 Å². The molecule has 2 aliphatic heterocycles. The zero-order valence-electron chi connectivity index (χ0n) is 16.1. The number of nitrogens with one attached hydrogen (secondary N) is 1. The normalized spacial score (nSPS) is 26.7. The van der Waals surface area contributed by atoms with Gasteiger partial charge in [-0.2, -0.15) is 0 Å². The second kappa shape index (κ2) is 6.36. The van der Waals surface area contributed by atoms with Crippen LogP contribution in [-0.2, 0) is 19.9 Å². The molecular formula is C19H25ClN2O5. The molecule has 7 nitrogen and oxygen atoms in total.